The van der Waals surface area contributed by atoms with E-state index in [1.54, 1.807) is 6.20 Å². The zero-order valence-corrected chi connectivity index (χ0v) is 19.2. The van der Waals surface area contributed by atoms with E-state index in [0.29, 0.717) is 19.4 Å². The van der Waals surface area contributed by atoms with Crippen molar-refractivity contribution in [3.8, 4) is 0 Å². The average Bonchev–Trinajstić information content (AvgIpc) is 3.45. The predicted octanol–water partition coefficient (Wildman–Crippen LogP) is -0.516. The number of aliphatic carboxylic acids is 1. The number of nitrogens with one attached hydrogen (secondary N) is 3. The smallest absolute Gasteiger partial charge is 0.326 e. The Hall–Kier alpha value is -3.44. The molecule has 11 heteroatoms. The molecular weight excluding hydrogens is 442 g/mol. The number of aromatic amines is 1. The van der Waals surface area contributed by atoms with E-state index in [-0.39, 0.29) is 6.42 Å². The van der Waals surface area contributed by atoms with Gasteiger partial charge in [0.1, 0.15) is 24.2 Å². The van der Waals surface area contributed by atoms with E-state index >= 15 is 0 Å². The molecule has 1 saturated heterocycles. The molecule has 184 valence electrons. The summed E-state index contributed by atoms with van der Waals surface area (Å²) in [6.45, 7) is 3.17. The normalized spacial score (nSPS) is 19.3. The highest BCUT2D eigenvalue weighted by atomic mass is 16.4. The van der Waals surface area contributed by atoms with E-state index < -0.39 is 54.0 Å². The number of amides is 3. The summed E-state index contributed by atoms with van der Waals surface area (Å²) in [7, 11) is 0. The van der Waals surface area contributed by atoms with Gasteiger partial charge in [-0.2, -0.15) is 0 Å². The first-order chi connectivity index (χ1) is 16.1. The molecule has 11 nitrogen and oxygen atoms in total. The van der Waals surface area contributed by atoms with Gasteiger partial charge in [0.25, 0.3) is 0 Å². The van der Waals surface area contributed by atoms with Crippen LogP contribution in [0.2, 0.25) is 0 Å². The molecule has 0 spiro atoms. The van der Waals surface area contributed by atoms with Gasteiger partial charge in [-0.3, -0.25) is 14.4 Å². The van der Waals surface area contributed by atoms with Gasteiger partial charge < -0.3 is 36.5 Å². The Morgan fingerprint density at radius 1 is 1.21 bits per heavy atom. The number of benzene rings is 1. The summed E-state index contributed by atoms with van der Waals surface area (Å²) in [5.74, 6) is -2.92. The number of likely N-dealkylation sites (tertiary alicyclic amines) is 1. The van der Waals surface area contributed by atoms with Crippen molar-refractivity contribution in [2.24, 2.45) is 5.73 Å². The van der Waals surface area contributed by atoms with Crippen LogP contribution in [0.1, 0.15) is 32.3 Å². The largest absolute Gasteiger partial charge is 0.480 e. The third-order valence-electron chi connectivity index (χ3n) is 6.11. The Labute approximate surface area is 196 Å². The number of H-pyrrole nitrogens is 1. The molecule has 1 fully saturated rings. The number of carboxylic acids is 1. The number of rotatable bonds is 9. The van der Waals surface area contributed by atoms with Crippen molar-refractivity contribution in [2.45, 2.75) is 63.4 Å². The average molecular weight is 474 g/mol. The molecule has 3 amide bonds. The maximum Gasteiger partial charge on any atom is 0.326 e. The maximum atomic E-state index is 12.8. The summed E-state index contributed by atoms with van der Waals surface area (Å²) < 4.78 is 0. The molecule has 2 heterocycles. The van der Waals surface area contributed by atoms with Crippen LogP contribution in [0, 0.1) is 0 Å². The highest BCUT2D eigenvalue weighted by molar-refractivity contribution is 5.94. The van der Waals surface area contributed by atoms with E-state index in [0.717, 1.165) is 16.5 Å². The zero-order valence-electron chi connectivity index (χ0n) is 19.2. The highest BCUT2D eigenvalue weighted by Gasteiger charge is 2.38. The lowest BCUT2D eigenvalue weighted by Gasteiger charge is -2.28. The number of nitrogens with zero attached hydrogens (tertiary/aromatic N) is 1. The molecule has 1 aromatic heterocycles. The van der Waals surface area contributed by atoms with E-state index in [1.807, 2.05) is 24.3 Å². The third-order valence-corrected chi connectivity index (χ3v) is 6.11. The van der Waals surface area contributed by atoms with Crippen molar-refractivity contribution in [3.05, 3.63) is 36.0 Å². The Morgan fingerprint density at radius 3 is 2.59 bits per heavy atom. The van der Waals surface area contributed by atoms with Gasteiger partial charge in [0.05, 0.1) is 6.10 Å². The molecule has 0 radical (unpaired) electrons. The number of carbonyl (C=O) groups is 4. The van der Waals surface area contributed by atoms with Crippen LogP contribution in [0.15, 0.2) is 30.5 Å². The van der Waals surface area contributed by atoms with Crippen molar-refractivity contribution in [1.82, 2.24) is 20.5 Å². The fourth-order valence-electron chi connectivity index (χ4n) is 4.09. The number of aliphatic hydroxyl groups is 1. The number of hydrogen-bond acceptors (Lipinski definition) is 6. The van der Waals surface area contributed by atoms with E-state index in [1.165, 1.54) is 18.7 Å². The van der Waals surface area contributed by atoms with Crippen molar-refractivity contribution >= 4 is 34.6 Å². The molecule has 7 N–H and O–H groups in total. The molecule has 5 unspecified atom stereocenters. The van der Waals surface area contributed by atoms with E-state index in [2.05, 4.69) is 15.6 Å². The number of fused-ring (bicyclic) bond motifs is 1. The first kappa shape index (κ1) is 25.2. The Kier molecular flexibility index (Phi) is 7.90. The van der Waals surface area contributed by atoms with Crippen LogP contribution in [0.5, 0.6) is 0 Å². The Bertz CT molecular complexity index is 1070. The summed E-state index contributed by atoms with van der Waals surface area (Å²) in [6, 6.07) is 3.26. The van der Waals surface area contributed by atoms with Gasteiger partial charge in [-0.1, -0.05) is 18.2 Å². The number of aromatic nitrogens is 1. The topological polar surface area (TPSA) is 178 Å². The molecule has 1 aliphatic rings. The molecule has 0 aliphatic carbocycles. The van der Waals surface area contributed by atoms with E-state index in [4.69, 9.17) is 5.73 Å². The molecule has 1 aromatic carbocycles. The lowest BCUT2D eigenvalue weighted by Crippen LogP contribution is -2.57. The van der Waals surface area contributed by atoms with Crippen LogP contribution in [0.25, 0.3) is 10.9 Å². The number of carbonyl (C=O) groups excluding carboxylic acids is 3. The summed E-state index contributed by atoms with van der Waals surface area (Å²) in [5.41, 5.74) is 7.34. The van der Waals surface area contributed by atoms with Gasteiger partial charge in [0, 0.05) is 30.1 Å². The van der Waals surface area contributed by atoms with Crippen LogP contribution in [-0.2, 0) is 25.6 Å². The summed E-state index contributed by atoms with van der Waals surface area (Å²) in [4.78, 5) is 54.2. The SMILES string of the molecule is CC(NC(=O)C1CCCN1C(=O)C(N)C(C)O)C(=O)NC(Cc1c[nH]c2ccccc12)C(=O)O. The number of hydrogen-bond donors (Lipinski definition) is 6. The fourth-order valence-corrected chi connectivity index (χ4v) is 4.09. The second-order valence-electron chi connectivity index (χ2n) is 8.65. The van der Waals surface area contributed by atoms with Gasteiger partial charge in [0.2, 0.25) is 17.7 Å². The molecular formula is C23H31N5O6. The number of aliphatic hydroxyl groups excluding tert-OH is 1. The third kappa shape index (κ3) is 5.54. The molecule has 1 aliphatic heterocycles. The Morgan fingerprint density at radius 2 is 1.91 bits per heavy atom. The maximum absolute atomic E-state index is 12.8. The lowest BCUT2D eigenvalue weighted by molar-refractivity contribution is -0.143. The first-order valence-corrected chi connectivity index (χ1v) is 11.2. The van der Waals surface area contributed by atoms with Gasteiger partial charge in [0.15, 0.2) is 0 Å². The first-order valence-electron chi connectivity index (χ1n) is 11.2. The summed E-state index contributed by atoms with van der Waals surface area (Å²) in [6.07, 6.45) is 1.70. The van der Waals surface area contributed by atoms with Crippen molar-refractivity contribution in [2.75, 3.05) is 6.54 Å². The minimum absolute atomic E-state index is 0.0634. The van der Waals surface area contributed by atoms with Gasteiger partial charge in [-0.15, -0.1) is 0 Å². The zero-order chi connectivity index (χ0) is 25.0. The second-order valence-corrected chi connectivity index (χ2v) is 8.65. The van der Waals surface area contributed by atoms with Gasteiger partial charge >= 0.3 is 5.97 Å². The van der Waals surface area contributed by atoms with Crippen LogP contribution in [-0.4, -0.2) is 80.6 Å². The van der Waals surface area contributed by atoms with Crippen LogP contribution < -0.4 is 16.4 Å². The molecule has 0 bridgehead atoms. The quantitative estimate of drug-likeness (QED) is 0.284. The second kappa shape index (κ2) is 10.7. The summed E-state index contributed by atoms with van der Waals surface area (Å²) >= 11 is 0. The van der Waals surface area contributed by atoms with E-state index in [9.17, 15) is 29.4 Å². The van der Waals surface area contributed by atoms with Crippen molar-refractivity contribution < 1.29 is 29.4 Å². The Balaban J connectivity index is 1.61. The molecule has 0 saturated carbocycles. The monoisotopic (exact) mass is 473 g/mol. The number of para-hydroxylation sites is 1. The van der Waals surface area contributed by atoms with Gasteiger partial charge in [-0.25, -0.2) is 4.79 Å². The predicted molar refractivity (Wildman–Crippen MR) is 124 cm³/mol. The number of nitrogens with two attached hydrogens (primary N) is 1. The minimum atomic E-state index is -1.20. The standard InChI is InChI=1S/C23H31N5O6/c1-12(26-21(31)18-8-5-9-28(18)22(32)19(24)13(2)29)20(30)27-17(23(33)34)10-14-11-25-16-7-4-3-6-15(14)16/h3-4,6-7,11-13,17-19,25,29H,5,8-10,24H2,1-2H3,(H,26,31)(H,27,30)(H,33,34). The van der Waals surface area contributed by atoms with Crippen molar-refractivity contribution in [1.29, 1.82) is 0 Å². The fraction of sp³-hybridized carbons (Fsp3) is 0.478. The molecule has 2 aromatic rings. The summed E-state index contributed by atoms with van der Waals surface area (Å²) in [5, 5.41) is 25.1. The molecule has 5 atom stereocenters. The van der Waals surface area contributed by atoms with Gasteiger partial charge in [-0.05, 0) is 38.3 Å². The van der Waals surface area contributed by atoms with Crippen molar-refractivity contribution in [3.63, 3.8) is 0 Å². The minimum Gasteiger partial charge on any atom is -0.480 e. The number of carboxylic acid groups (broad SMARTS) is 1. The van der Waals surface area contributed by atoms with Crippen LogP contribution in [0.4, 0.5) is 0 Å². The lowest BCUT2D eigenvalue weighted by atomic mass is 10.0. The molecule has 34 heavy (non-hydrogen) atoms. The van der Waals surface area contributed by atoms with Crippen LogP contribution >= 0.6 is 0 Å². The molecule has 3 rings (SSSR count). The highest BCUT2D eigenvalue weighted by Crippen LogP contribution is 2.20. The van der Waals surface area contributed by atoms with Crippen LogP contribution in [0.3, 0.4) is 0 Å².